The molecule has 1 aromatic heterocycles. The maximum atomic E-state index is 13.7. The van der Waals surface area contributed by atoms with Gasteiger partial charge in [-0.1, -0.05) is 41.6 Å². The second-order valence-corrected chi connectivity index (χ2v) is 16.7. The molecule has 0 bridgehead atoms. The standard InChI is InChI=1S/C39H41Br3N4O5S/c1-39(23-35(47)45-38-43-13-16-52-38)29-22-34(33(50-2)20-25(29)11-12-44-39)51-15-8-6-4-3-5-7-14-46-32-10-9-26(40)21-27(32)28(37(46)49)17-24-18-30(41)36(48)31(42)19-24/h9-10,13,16-22,44,48H,3-8,11-12,14-15,23H2,1-2H3,(H,43,45,47)/b28-17-. The molecule has 0 radical (unpaired) electrons. The number of unbranched alkanes of at least 4 members (excludes halogenated alkanes) is 5. The number of carbonyl (C=O) groups excluding carboxylic acids is 2. The van der Waals surface area contributed by atoms with E-state index in [0.29, 0.717) is 44.3 Å². The lowest BCUT2D eigenvalue weighted by atomic mass is 9.81. The van der Waals surface area contributed by atoms with E-state index in [9.17, 15) is 14.7 Å². The summed E-state index contributed by atoms with van der Waals surface area (Å²) in [6.07, 6.45) is 10.7. The molecule has 1 atom stereocenters. The minimum atomic E-state index is -0.544. The number of nitrogens with one attached hydrogen (secondary N) is 2. The Morgan fingerprint density at radius 2 is 1.81 bits per heavy atom. The summed E-state index contributed by atoms with van der Waals surface area (Å²) in [5, 5.41) is 19.0. The van der Waals surface area contributed by atoms with Crippen LogP contribution >= 0.6 is 59.1 Å². The van der Waals surface area contributed by atoms with Crippen molar-refractivity contribution in [1.29, 1.82) is 0 Å². The van der Waals surface area contributed by atoms with Gasteiger partial charge in [-0.2, -0.15) is 0 Å². The van der Waals surface area contributed by atoms with Crippen molar-refractivity contribution >= 4 is 93.4 Å². The van der Waals surface area contributed by atoms with E-state index in [4.69, 9.17) is 9.47 Å². The lowest BCUT2D eigenvalue weighted by molar-refractivity contribution is -0.117. The van der Waals surface area contributed by atoms with E-state index in [1.807, 2.05) is 40.6 Å². The maximum Gasteiger partial charge on any atom is 0.258 e. The van der Waals surface area contributed by atoms with Gasteiger partial charge in [0.1, 0.15) is 5.75 Å². The molecule has 0 saturated carbocycles. The van der Waals surface area contributed by atoms with Gasteiger partial charge in [-0.05, 0) is 123 Å². The van der Waals surface area contributed by atoms with Crippen LogP contribution in [0.4, 0.5) is 10.8 Å². The fourth-order valence-electron chi connectivity index (χ4n) is 6.88. The fourth-order valence-corrected chi connectivity index (χ4v) is 9.01. The van der Waals surface area contributed by atoms with Gasteiger partial charge in [-0.25, -0.2) is 4.98 Å². The summed E-state index contributed by atoms with van der Waals surface area (Å²) in [6.45, 7) is 4.05. The first-order chi connectivity index (χ1) is 25.1. The Kier molecular flexibility index (Phi) is 12.8. The van der Waals surface area contributed by atoms with Crippen molar-refractivity contribution in [3.05, 3.63) is 89.7 Å². The predicted molar refractivity (Wildman–Crippen MR) is 218 cm³/mol. The number of hydrogen-bond donors (Lipinski definition) is 3. The molecule has 3 aromatic carbocycles. The summed E-state index contributed by atoms with van der Waals surface area (Å²) in [6, 6.07) is 13.7. The zero-order valence-electron chi connectivity index (χ0n) is 29.1. The highest BCUT2D eigenvalue weighted by atomic mass is 79.9. The number of hydrogen-bond acceptors (Lipinski definition) is 8. The highest BCUT2D eigenvalue weighted by Gasteiger charge is 2.36. The average molecular weight is 918 g/mol. The molecule has 52 heavy (non-hydrogen) atoms. The molecule has 4 aromatic rings. The largest absolute Gasteiger partial charge is 0.506 e. The Bertz CT molecular complexity index is 1950. The summed E-state index contributed by atoms with van der Waals surface area (Å²) in [5.41, 5.74) is 4.93. The molecule has 0 spiro atoms. The van der Waals surface area contributed by atoms with Gasteiger partial charge in [0.05, 0.1) is 28.3 Å². The van der Waals surface area contributed by atoms with E-state index in [2.05, 4.69) is 76.4 Å². The molecular formula is C39H41Br3N4O5S. The van der Waals surface area contributed by atoms with Crippen molar-refractivity contribution in [1.82, 2.24) is 10.3 Å². The zero-order chi connectivity index (χ0) is 36.8. The number of nitrogens with zero attached hydrogens (tertiary/aromatic N) is 2. The van der Waals surface area contributed by atoms with Crippen LogP contribution in [0, 0.1) is 0 Å². The molecule has 9 nitrogen and oxygen atoms in total. The number of benzene rings is 3. The molecule has 3 N–H and O–H groups in total. The number of rotatable bonds is 15. The van der Waals surface area contributed by atoms with E-state index in [1.54, 1.807) is 25.4 Å². The number of phenolic OH excluding ortho intramolecular Hbond substituents is 1. The second kappa shape index (κ2) is 17.3. The van der Waals surface area contributed by atoms with E-state index < -0.39 is 5.54 Å². The van der Waals surface area contributed by atoms with Crippen LogP contribution < -0.4 is 25.0 Å². The molecule has 2 aliphatic rings. The smallest absolute Gasteiger partial charge is 0.258 e. The van der Waals surface area contributed by atoms with E-state index >= 15 is 0 Å². The summed E-state index contributed by atoms with van der Waals surface area (Å²) in [5.74, 6) is 1.43. The number of amides is 2. The lowest BCUT2D eigenvalue weighted by Crippen LogP contribution is -2.47. The average Bonchev–Trinajstić information content (AvgIpc) is 3.71. The summed E-state index contributed by atoms with van der Waals surface area (Å²) < 4.78 is 14.0. The van der Waals surface area contributed by atoms with Gasteiger partial charge in [0.15, 0.2) is 16.6 Å². The molecular weight excluding hydrogens is 876 g/mol. The van der Waals surface area contributed by atoms with Gasteiger partial charge >= 0.3 is 0 Å². The number of anilines is 2. The van der Waals surface area contributed by atoms with Crippen LogP contribution in [0.25, 0.3) is 11.6 Å². The molecule has 1 unspecified atom stereocenters. The zero-order valence-corrected chi connectivity index (χ0v) is 34.6. The monoisotopic (exact) mass is 914 g/mol. The summed E-state index contributed by atoms with van der Waals surface area (Å²) in [4.78, 5) is 32.6. The third-order valence-electron chi connectivity index (χ3n) is 9.49. The summed E-state index contributed by atoms with van der Waals surface area (Å²) >= 11 is 11.8. The van der Waals surface area contributed by atoms with E-state index in [0.717, 1.165) is 83.9 Å². The Labute approximate surface area is 333 Å². The van der Waals surface area contributed by atoms with Crippen LogP contribution in [0.3, 0.4) is 0 Å². The third kappa shape index (κ3) is 8.93. The molecule has 2 aliphatic heterocycles. The number of thiazole rings is 1. The molecule has 13 heteroatoms. The quantitative estimate of drug-likeness (QED) is 0.0805. The minimum absolute atomic E-state index is 0.0155. The molecule has 3 heterocycles. The highest BCUT2D eigenvalue weighted by molar-refractivity contribution is 9.11. The van der Waals surface area contributed by atoms with Gasteiger partial charge in [-0.15, -0.1) is 11.3 Å². The van der Waals surface area contributed by atoms with E-state index in [-0.39, 0.29) is 24.0 Å². The van der Waals surface area contributed by atoms with Gasteiger partial charge in [0.2, 0.25) is 5.91 Å². The van der Waals surface area contributed by atoms with Gasteiger partial charge in [0, 0.05) is 52.2 Å². The predicted octanol–water partition coefficient (Wildman–Crippen LogP) is 9.84. The Morgan fingerprint density at radius 3 is 2.54 bits per heavy atom. The number of halogens is 3. The first kappa shape index (κ1) is 38.5. The van der Waals surface area contributed by atoms with Gasteiger partial charge < -0.3 is 30.1 Å². The number of phenols is 1. The number of methoxy groups -OCH3 is 1. The number of fused-ring (bicyclic) bond motifs is 2. The molecule has 0 saturated heterocycles. The first-order valence-corrected chi connectivity index (χ1v) is 20.6. The number of aromatic hydroxyl groups is 1. The molecule has 274 valence electrons. The topological polar surface area (TPSA) is 113 Å². The fraction of sp³-hybridized carbons (Fsp3) is 0.359. The summed E-state index contributed by atoms with van der Waals surface area (Å²) in [7, 11) is 1.66. The van der Waals surface area contributed by atoms with Crippen LogP contribution in [0.1, 0.15) is 74.1 Å². The van der Waals surface area contributed by atoms with Crippen molar-refractivity contribution in [2.45, 2.75) is 63.8 Å². The maximum absolute atomic E-state index is 13.7. The van der Waals surface area contributed by atoms with Crippen molar-refractivity contribution in [2.24, 2.45) is 0 Å². The van der Waals surface area contributed by atoms with E-state index in [1.165, 1.54) is 11.3 Å². The first-order valence-electron chi connectivity index (χ1n) is 17.4. The van der Waals surface area contributed by atoms with Crippen molar-refractivity contribution < 1.29 is 24.2 Å². The van der Waals surface area contributed by atoms with Gasteiger partial charge in [0.25, 0.3) is 5.91 Å². The van der Waals surface area contributed by atoms with Gasteiger partial charge in [-0.3, -0.25) is 9.59 Å². The SMILES string of the molecule is COc1cc2c(cc1OCCCCCCCCN1C(=O)/C(=C\c3cc(Br)c(O)c(Br)c3)c3cc(Br)ccc31)C(C)(CC(=O)Nc1nccs1)NCC2. The highest BCUT2D eigenvalue weighted by Crippen LogP contribution is 2.42. The van der Waals surface area contributed by atoms with Crippen molar-refractivity contribution in [2.75, 3.05) is 37.0 Å². The van der Waals surface area contributed by atoms with Crippen LogP contribution in [0.5, 0.6) is 17.2 Å². The number of carbonyl (C=O) groups is 2. The Hall–Kier alpha value is -3.23. The number of ether oxygens (including phenoxy) is 2. The Morgan fingerprint density at radius 1 is 1.06 bits per heavy atom. The van der Waals surface area contributed by atoms with Crippen molar-refractivity contribution in [3.63, 3.8) is 0 Å². The van der Waals surface area contributed by atoms with Crippen LogP contribution in [0.15, 0.2) is 67.5 Å². The Balaban J connectivity index is 0.976. The number of aromatic nitrogens is 1. The normalized spacial score (nSPS) is 17.3. The lowest BCUT2D eigenvalue weighted by Gasteiger charge is -2.37. The van der Waals surface area contributed by atoms with Crippen molar-refractivity contribution in [3.8, 4) is 17.2 Å². The molecule has 0 fully saturated rings. The van der Waals surface area contributed by atoms with Crippen LogP contribution in [0.2, 0.25) is 0 Å². The third-order valence-corrected chi connectivity index (χ3v) is 11.9. The molecule has 6 rings (SSSR count). The van der Waals surface area contributed by atoms with Crippen LogP contribution in [-0.2, 0) is 21.5 Å². The molecule has 2 amide bonds. The van der Waals surface area contributed by atoms with Crippen LogP contribution in [-0.4, -0.2) is 48.7 Å². The molecule has 0 aliphatic carbocycles. The minimum Gasteiger partial charge on any atom is -0.506 e. The second-order valence-electron chi connectivity index (χ2n) is 13.2.